The van der Waals surface area contributed by atoms with E-state index in [1.54, 1.807) is 23.5 Å². The molecule has 62 valence electrons. The molecule has 0 aromatic heterocycles. The number of aliphatic imine (C=N–C) groups is 1. The van der Waals surface area contributed by atoms with Crippen LogP contribution < -0.4 is 0 Å². The monoisotopic (exact) mass is 165 g/mol. The Morgan fingerprint density at radius 3 is 3.17 bits per heavy atom. The number of hydrogen-bond acceptors (Lipinski definition) is 4. The van der Waals surface area contributed by atoms with Crippen LogP contribution >= 0.6 is 0 Å². The quantitative estimate of drug-likeness (QED) is 0.590. The summed E-state index contributed by atoms with van der Waals surface area (Å²) in [5.41, 5.74) is 0. The summed E-state index contributed by atoms with van der Waals surface area (Å²) in [6, 6.07) is 0. The van der Waals surface area contributed by atoms with E-state index < -0.39 is 11.9 Å². The maximum absolute atomic E-state index is 10.6. The van der Waals surface area contributed by atoms with Crippen LogP contribution in [0.5, 0.6) is 0 Å². The predicted molar refractivity (Wildman–Crippen MR) is 42.9 cm³/mol. The van der Waals surface area contributed by atoms with E-state index in [0.717, 1.165) is 0 Å². The highest BCUT2D eigenvalue weighted by molar-refractivity contribution is 5.91. The van der Waals surface area contributed by atoms with E-state index in [0.29, 0.717) is 0 Å². The number of carboxylic acid groups (broad SMARTS) is 1. The Hall–Kier alpha value is -1.65. The SMILES string of the molecule is O=C(O)[C@@H]1C=NN2C=CC=N[C@H]12. The number of rotatable bonds is 1. The third kappa shape index (κ3) is 0.903. The molecule has 0 bridgehead atoms. The minimum absolute atomic E-state index is 0.382. The lowest BCUT2D eigenvalue weighted by atomic mass is 10.1. The van der Waals surface area contributed by atoms with Gasteiger partial charge in [0, 0.05) is 18.6 Å². The average molecular weight is 165 g/mol. The first-order valence-corrected chi connectivity index (χ1v) is 3.54. The highest BCUT2D eigenvalue weighted by Gasteiger charge is 2.35. The molecule has 0 unspecified atom stereocenters. The van der Waals surface area contributed by atoms with E-state index in [1.165, 1.54) is 6.21 Å². The largest absolute Gasteiger partial charge is 0.481 e. The summed E-state index contributed by atoms with van der Waals surface area (Å²) in [5, 5.41) is 14.2. The molecule has 0 fully saturated rings. The van der Waals surface area contributed by atoms with Gasteiger partial charge in [0.15, 0.2) is 6.17 Å². The van der Waals surface area contributed by atoms with Crippen molar-refractivity contribution in [3.05, 3.63) is 12.3 Å². The molecule has 0 saturated heterocycles. The molecule has 0 aliphatic carbocycles. The van der Waals surface area contributed by atoms with Crippen molar-refractivity contribution in [1.29, 1.82) is 0 Å². The van der Waals surface area contributed by atoms with E-state index in [2.05, 4.69) is 10.1 Å². The molecule has 0 aromatic carbocycles. The van der Waals surface area contributed by atoms with Gasteiger partial charge in [0.2, 0.25) is 0 Å². The van der Waals surface area contributed by atoms with Crippen LogP contribution in [0.15, 0.2) is 22.4 Å². The Kier molecular flexibility index (Phi) is 1.43. The number of hydrogen-bond donors (Lipinski definition) is 1. The summed E-state index contributed by atoms with van der Waals surface area (Å²) < 4.78 is 0. The first-order valence-electron chi connectivity index (χ1n) is 3.54. The number of nitrogens with zero attached hydrogens (tertiary/aromatic N) is 3. The molecule has 2 aliphatic rings. The molecule has 0 amide bonds. The zero-order valence-electron chi connectivity index (χ0n) is 6.16. The lowest BCUT2D eigenvalue weighted by Crippen LogP contribution is -2.33. The fourth-order valence-electron chi connectivity index (χ4n) is 1.20. The molecule has 12 heavy (non-hydrogen) atoms. The molecule has 0 radical (unpaired) electrons. The second kappa shape index (κ2) is 2.44. The van der Waals surface area contributed by atoms with Gasteiger partial charge >= 0.3 is 5.97 Å². The minimum atomic E-state index is -0.890. The van der Waals surface area contributed by atoms with Crippen LogP contribution in [0.2, 0.25) is 0 Å². The average Bonchev–Trinajstić information content (AvgIpc) is 2.47. The van der Waals surface area contributed by atoms with E-state index in [1.807, 2.05) is 0 Å². The number of carboxylic acids is 1. The van der Waals surface area contributed by atoms with Gasteiger partial charge in [-0.25, -0.2) is 5.01 Å². The Morgan fingerprint density at radius 1 is 1.58 bits per heavy atom. The van der Waals surface area contributed by atoms with Crippen LogP contribution in [-0.2, 0) is 4.79 Å². The molecule has 0 spiro atoms. The van der Waals surface area contributed by atoms with E-state index in [-0.39, 0.29) is 6.17 Å². The summed E-state index contributed by atoms with van der Waals surface area (Å²) in [6.07, 6.45) is 6.04. The molecule has 5 heteroatoms. The molecule has 2 rings (SSSR count). The molecule has 0 saturated carbocycles. The minimum Gasteiger partial charge on any atom is -0.481 e. The van der Waals surface area contributed by atoms with Gasteiger partial charge in [-0.1, -0.05) is 0 Å². The van der Waals surface area contributed by atoms with Gasteiger partial charge in [0.05, 0.1) is 0 Å². The first kappa shape index (κ1) is 7.02. The zero-order chi connectivity index (χ0) is 8.55. The van der Waals surface area contributed by atoms with Gasteiger partial charge in [0.1, 0.15) is 5.92 Å². The molecular formula is C7H7N3O2. The van der Waals surface area contributed by atoms with Gasteiger partial charge in [-0.2, -0.15) is 5.10 Å². The van der Waals surface area contributed by atoms with Crippen molar-refractivity contribution in [3.8, 4) is 0 Å². The topological polar surface area (TPSA) is 65.3 Å². The van der Waals surface area contributed by atoms with Crippen molar-refractivity contribution < 1.29 is 9.90 Å². The van der Waals surface area contributed by atoms with Crippen molar-refractivity contribution in [3.63, 3.8) is 0 Å². The van der Waals surface area contributed by atoms with Crippen molar-refractivity contribution in [2.45, 2.75) is 6.17 Å². The van der Waals surface area contributed by atoms with Crippen molar-refractivity contribution in [1.82, 2.24) is 5.01 Å². The highest BCUT2D eigenvalue weighted by atomic mass is 16.4. The predicted octanol–water partition coefficient (Wildman–Crippen LogP) is -0.0872. The van der Waals surface area contributed by atoms with E-state index in [4.69, 9.17) is 5.11 Å². The fourth-order valence-corrected chi connectivity index (χ4v) is 1.20. The highest BCUT2D eigenvalue weighted by Crippen LogP contribution is 2.20. The molecule has 5 nitrogen and oxygen atoms in total. The summed E-state index contributed by atoms with van der Waals surface area (Å²) in [5.74, 6) is -1.51. The van der Waals surface area contributed by atoms with Crippen LogP contribution in [-0.4, -0.2) is 34.7 Å². The van der Waals surface area contributed by atoms with Crippen LogP contribution in [0.1, 0.15) is 0 Å². The van der Waals surface area contributed by atoms with Crippen LogP contribution in [0.4, 0.5) is 0 Å². The van der Waals surface area contributed by atoms with Crippen molar-refractivity contribution in [2.75, 3.05) is 0 Å². The Morgan fingerprint density at radius 2 is 2.42 bits per heavy atom. The van der Waals surface area contributed by atoms with Crippen LogP contribution in [0.3, 0.4) is 0 Å². The van der Waals surface area contributed by atoms with Gasteiger partial charge < -0.3 is 5.11 Å². The lowest BCUT2D eigenvalue weighted by Gasteiger charge is -2.20. The van der Waals surface area contributed by atoms with Gasteiger partial charge in [-0.15, -0.1) is 0 Å². The Bertz CT molecular complexity index is 295. The molecular weight excluding hydrogens is 158 g/mol. The summed E-state index contributed by atoms with van der Waals surface area (Å²) in [4.78, 5) is 14.6. The Balaban J connectivity index is 2.24. The molecule has 1 N–H and O–H groups in total. The van der Waals surface area contributed by atoms with Gasteiger partial charge in [-0.05, 0) is 6.08 Å². The van der Waals surface area contributed by atoms with Crippen LogP contribution in [0, 0.1) is 5.92 Å². The number of carbonyl (C=O) groups is 1. The third-order valence-electron chi connectivity index (χ3n) is 1.80. The second-order valence-corrected chi connectivity index (χ2v) is 2.56. The molecule has 0 aromatic rings. The summed E-state index contributed by atoms with van der Waals surface area (Å²) in [7, 11) is 0. The fraction of sp³-hybridized carbons (Fsp3) is 0.286. The number of hydrazone groups is 1. The summed E-state index contributed by atoms with van der Waals surface area (Å²) >= 11 is 0. The third-order valence-corrected chi connectivity index (χ3v) is 1.80. The van der Waals surface area contributed by atoms with Crippen molar-refractivity contribution in [2.24, 2.45) is 16.0 Å². The first-order chi connectivity index (χ1) is 5.79. The second-order valence-electron chi connectivity index (χ2n) is 2.56. The molecule has 2 atom stereocenters. The van der Waals surface area contributed by atoms with Gasteiger partial charge in [0.25, 0.3) is 0 Å². The maximum atomic E-state index is 10.6. The maximum Gasteiger partial charge on any atom is 0.316 e. The van der Waals surface area contributed by atoms with E-state index >= 15 is 0 Å². The zero-order valence-corrected chi connectivity index (χ0v) is 6.16. The number of allylic oxidation sites excluding steroid dienone is 1. The number of aliphatic carboxylic acids is 1. The lowest BCUT2D eigenvalue weighted by molar-refractivity contribution is -0.140. The standard InChI is InChI=1S/C7H7N3O2/c11-7(12)5-4-9-10-3-1-2-8-6(5)10/h1-6H,(H,11,12)/t5-,6+/m1/s1. The smallest absolute Gasteiger partial charge is 0.316 e. The van der Waals surface area contributed by atoms with Crippen LogP contribution in [0.25, 0.3) is 0 Å². The van der Waals surface area contributed by atoms with Crippen molar-refractivity contribution >= 4 is 18.4 Å². The van der Waals surface area contributed by atoms with E-state index in [9.17, 15) is 4.79 Å². The Labute approximate surface area is 68.7 Å². The molecule has 2 heterocycles. The van der Waals surface area contributed by atoms with Gasteiger partial charge in [-0.3, -0.25) is 9.79 Å². The molecule has 2 aliphatic heterocycles. The normalized spacial score (nSPS) is 30.8. The summed E-state index contributed by atoms with van der Waals surface area (Å²) in [6.45, 7) is 0. The number of fused-ring (bicyclic) bond motifs is 1.